The van der Waals surface area contributed by atoms with Gasteiger partial charge in [-0.3, -0.25) is 9.59 Å². The Balaban J connectivity index is 2.24. The van der Waals surface area contributed by atoms with Crippen LogP contribution in [0.2, 0.25) is 0 Å². The topological polar surface area (TPSA) is 81.4 Å². The largest absolute Gasteiger partial charge is 0.464 e. The minimum atomic E-state index is -0.625. The number of amides is 1. The van der Waals surface area contributed by atoms with Gasteiger partial charge in [0.25, 0.3) is 0 Å². The smallest absolute Gasteiger partial charge is 0.302 e. The van der Waals surface area contributed by atoms with E-state index in [1.165, 1.54) is 12.5 Å². The fourth-order valence-electron chi connectivity index (χ4n) is 1.66. The minimum absolute atomic E-state index is 0.0179. The van der Waals surface area contributed by atoms with Gasteiger partial charge in [0.1, 0.15) is 12.6 Å². The summed E-state index contributed by atoms with van der Waals surface area (Å²) in [6, 6.07) is 9.46. The van der Waals surface area contributed by atoms with Crippen LogP contribution in [0.5, 0.6) is 0 Å². The molecule has 0 fully saturated rings. The fourth-order valence-corrected chi connectivity index (χ4v) is 1.66. The van der Waals surface area contributed by atoms with E-state index >= 15 is 0 Å². The molecule has 0 aliphatic heterocycles. The standard InChI is InChI=1S/C14H20N2O3/c1-11(17)19-10-13(14(15)18)16-9-5-8-12-6-3-2-4-7-12/h2-4,6-7,13,16H,5,8-10H2,1H3,(H2,15,18). The molecule has 5 nitrogen and oxygen atoms in total. The van der Waals surface area contributed by atoms with Crippen molar-refractivity contribution in [2.75, 3.05) is 13.2 Å². The van der Waals surface area contributed by atoms with Gasteiger partial charge >= 0.3 is 5.97 Å². The van der Waals surface area contributed by atoms with Gasteiger partial charge in [-0.25, -0.2) is 0 Å². The molecule has 1 aromatic carbocycles. The van der Waals surface area contributed by atoms with E-state index in [2.05, 4.69) is 17.4 Å². The number of aryl methyl sites for hydroxylation is 1. The van der Waals surface area contributed by atoms with Crippen LogP contribution in [0.1, 0.15) is 18.9 Å². The SMILES string of the molecule is CC(=O)OCC(NCCCc1ccccc1)C(N)=O. The Hall–Kier alpha value is -1.88. The lowest BCUT2D eigenvalue weighted by Crippen LogP contribution is -2.45. The highest BCUT2D eigenvalue weighted by Crippen LogP contribution is 2.01. The first-order chi connectivity index (χ1) is 9.09. The first kappa shape index (κ1) is 15.2. The number of primary amides is 1. The second kappa shape index (κ2) is 8.26. The Kier molecular flexibility index (Phi) is 6.60. The summed E-state index contributed by atoms with van der Waals surface area (Å²) in [6.07, 6.45) is 1.81. The normalized spacial score (nSPS) is 11.8. The van der Waals surface area contributed by atoms with Gasteiger partial charge in [-0.1, -0.05) is 30.3 Å². The van der Waals surface area contributed by atoms with Crippen molar-refractivity contribution in [3.05, 3.63) is 35.9 Å². The van der Waals surface area contributed by atoms with Crippen LogP contribution in [0, 0.1) is 0 Å². The summed E-state index contributed by atoms with van der Waals surface area (Å²) in [4.78, 5) is 21.8. The summed E-state index contributed by atoms with van der Waals surface area (Å²) >= 11 is 0. The van der Waals surface area contributed by atoms with E-state index in [1.54, 1.807) is 0 Å². The third-order valence-corrected chi connectivity index (χ3v) is 2.67. The Morgan fingerprint density at radius 3 is 2.58 bits per heavy atom. The molecule has 0 saturated carbocycles. The molecule has 104 valence electrons. The lowest BCUT2D eigenvalue weighted by atomic mass is 10.1. The molecule has 0 aliphatic carbocycles. The van der Waals surface area contributed by atoms with Crippen LogP contribution >= 0.6 is 0 Å². The molecule has 0 saturated heterocycles. The Bertz CT molecular complexity index is 406. The molecule has 0 spiro atoms. The Labute approximate surface area is 113 Å². The number of ether oxygens (including phenoxy) is 1. The highest BCUT2D eigenvalue weighted by molar-refractivity contribution is 5.80. The predicted octanol–water partition coefficient (Wildman–Crippen LogP) is 0.626. The van der Waals surface area contributed by atoms with Crippen molar-refractivity contribution in [3.63, 3.8) is 0 Å². The predicted molar refractivity (Wildman–Crippen MR) is 72.4 cm³/mol. The van der Waals surface area contributed by atoms with Crippen molar-refractivity contribution < 1.29 is 14.3 Å². The van der Waals surface area contributed by atoms with Gasteiger partial charge in [-0.05, 0) is 24.9 Å². The van der Waals surface area contributed by atoms with Crippen LogP contribution in [0.15, 0.2) is 30.3 Å². The van der Waals surface area contributed by atoms with Crippen molar-refractivity contribution >= 4 is 11.9 Å². The molecule has 19 heavy (non-hydrogen) atoms. The monoisotopic (exact) mass is 264 g/mol. The summed E-state index contributed by atoms with van der Waals surface area (Å²) in [5.74, 6) is -0.932. The first-order valence-corrected chi connectivity index (χ1v) is 6.29. The summed E-state index contributed by atoms with van der Waals surface area (Å²) in [7, 11) is 0. The van der Waals surface area contributed by atoms with E-state index in [-0.39, 0.29) is 6.61 Å². The van der Waals surface area contributed by atoms with Crippen LogP contribution < -0.4 is 11.1 Å². The van der Waals surface area contributed by atoms with Crippen LogP contribution in [-0.2, 0) is 20.7 Å². The number of rotatable bonds is 8. The quantitative estimate of drug-likeness (QED) is 0.533. The molecule has 1 unspecified atom stereocenters. The van der Waals surface area contributed by atoms with Crippen molar-refractivity contribution in [1.82, 2.24) is 5.32 Å². The second-order valence-electron chi connectivity index (χ2n) is 4.30. The molecule has 1 aromatic rings. The average molecular weight is 264 g/mol. The second-order valence-corrected chi connectivity index (χ2v) is 4.30. The van der Waals surface area contributed by atoms with Crippen LogP contribution in [0.3, 0.4) is 0 Å². The molecule has 0 heterocycles. The molecular weight excluding hydrogens is 244 g/mol. The highest BCUT2D eigenvalue weighted by Gasteiger charge is 2.15. The third-order valence-electron chi connectivity index (χ3n) is 2.67. The van der Waals surface area contributed by atoms with E-state index in [0.29, 0.717) is 6.54 Å². The molecule has 0 aliphatic rings. The van der Waals surface area contributed by atoms with E-state index in [4.69, 9.17) is 10.5 Å². The number of nitrogens with two attached hydrogens (primary N) is 1. The van der Waals surface area contributed by atoms with Crippen molar-refractivity contribution in [2.45, 2.75) is 25.8 Å². The summed E-state index contributed by atoms with van der Waals surface area (Å²) < 4.78 is 4.78. The van der Waals surface area contributed by atoms with Crippen molar-refractivity contribution in [2.24, 2.45) is 5.73 Å². The lowest BCUT2D eigenvalue weighted by Gasteiger charge is -2.14. The highest BCUT2D eigenvalue weighted by atomic mass is 16.5. The first-order valence-electron chi connectivity index (χ1n) is 6.29. The molecule has 1 atom stereocenters. The molecule has 0 aromatic heterocycles. The summed E-state index contributed by atoms with van der Waals surface area (Å²) in [5.41, 5.74) is 6.47. The molecule has 3 N–H and O–H groups in total. The van der Waals surface area contributed by atoms with E-state index in [0.717, 1.165) is 12.8 Å². The molecule has 5 heteroatoms. The summed E-state index contributed by atoms with van der Waals surface area (Å²) in [6.45, 7) is 1.92. The van der Waals surface area contributed by atoms with Gasteiger partial charge in [-0.2, -0.15) is 0 Å². The van der Waals surface area contributed by atoms with E-state index in [1.807, 2.05) is 18.2 Å². The van der Waals surface area contributed by atoms with Crippen molar-refractivity contribution in [3.8, 4) is 0 Å². The number of benzene rings is 1. The van der Waals surface area contributed by atoms with Gasteiger partial charge < -0.3 is 15.8 Å². The number of carbonyl (C=O) groups excluding carboxylic acids is 2. The number of nitrogens with one attached hydrogen (secondary N) is 1. The van der Waals surface area contributed by atoms with Crippen LogP contribution in [0.25, 0.3) is 0 Å². The minimum Gasteiger partial charge on any atom is -0.464 e. The number of hydrogen-bond acceptors (Lipinski definition) is 4. The number of hydrogen-bond donors (Lipinski definition) is 2. The molecule has 0 radical (unpaired) electrons. The maximum Gasteiger partial charge on any atom is 0.302 e. The zero-order valence-corrected chi connectivity index (χ0v) is 11.1. The molecule has 1 rings (SSSR count). The van der Waals surface area contributed by atoms with E-state index in [9.17, 15) is 9.59 Å². The maximum atomic E-state index is 11.1. The zero-order chi connectivity index (χ0) is 14.1. The average Bonchev–Trinajstić information content (AvgIpc) is 2.38. The Morgan fingerprint density at radius 2 is 2.00 bits per heavy atom. The maximum absolute atomic E-state index is 11.1. The molecule has 1 amide bonds. The zero-order valence-electron chi connectivity index (χ0n) is 11.1. The van der Waals surface area contributed by atoms with Gasteiger partial charge in [0.2, 0.25) is 5.91 Å². The number of carbonyl (C=O) groups is 2. The fraction of sp³-hybridized carbons (Fsp3) is 0.429. The van der Waals surface area contributed by atoms with Gasteiger partial charge in [0.15, 0.2) is 0 Å². The van der Waals surface area contributed by atoms with Gasteiger partial charge in [0, 0.05) is 6.92 Å². The third kappa shape index (κ3) is 6.57. The van der Waals surface area contributed by atoms with Crippen LogP contribution in [0.4, 0.5) is 0 Å². The Morgan fingerprint density at radius 1 is 1.32 bits per heavy atom. The van der Waals surface area contributed by atoms with Crippen molar-refractivity contribution in [1.29, 1.82) is 0 Å². The molecular formula is C14H20N2O3. The number of esters is 1. The summed E-state index contributed by atoms with van der Waals surface area (Å²) in [5, 5.41) is 2.99. The van der Waals surface area contributed by atoms with Gasteiger partial charge in [-0.15, -0.1) is 0 Å². The van der Waals surface area contributed by atoms with E-state index < -0.39 is 17.9 Å². The van der Waals surface area contributed by atoms with Gasteiger partial charge in [0.05, 0.1) is 0 Å². The van der Waals surface area contributed by atoms with Crippen LogP contribution in [-0.4, -0.2) is 31.1 Å². The lowest BCUT2D eigenvalue weighted by molar-refractivity contribution is -0.142. The molecule has 0 bridgehead atoms.